The number of nitrogens with zero attached hydrogens (tertiary/aromatic N) is 1. The Morgan fingerprint density at radius 2 is 2.09 bits per heavy atom. The number of nitrogens with one attached hydrogen (secondary N) is 2. The van der Waals surface area contributed by atoms with E-state index < -0.39 is 12.1 Å². The van der Waals surface area contributed by atoms with Crippen molar-refractivity contribution in [1.82, 2.24) is 15.5 Å². The third-order valence-electron chi connectivity index (χ3n) is 4.48. The molecule has 124 valence electrons. The van der Waals surface area contributed by atoms with E-state index in [9.17, 15) is 14.4 Å². The van der Waals surface area contributed by atoms with E-state index >= 15 is 0 Å². The first kappa shape index (κ1) is 17.1. The van der Waals surface area contributed by atoms with E-state index in [1.54, 1.807) is 11.8 Å². The van der Waals surface area contributed by atoms with Gasteiger partial charge in [0.2, 0.25) is 5.91 Å². The van der Waals surface area contributed by atoms with Gasteiger partial charge in [0.05, 0.1) is 0 Å². The first-order chi connectivity index (χ1) is 10.5. The number of thioether (sulfide) groups is 1. The van der Waals surface area contributed by atoms with Gasteiger partial charge < -0.3 is 10.6 Å². The number of carbonyl (C=O) groups excluding carboxylic acids is 3. The van der Waals surface area contributed by atoms with Crippen LogP contribution >= 0.6 is 11.8 Å². The van der Waals surface area contributed by atoms with Crippen molar-refractivity contribution in [3.05, 3.63) is 0 Å². The summed E-state index contributed by atoms with van der Waals surface area (Å²) >= 11 is 1.63. The van der Waals surface area contributed by atoms with Gasteiger partial charge in [-0.2, -0.15) is 11.8 Å². The summed E-state index contributed by atoms with van der Waals surface area (Å²) in [7, 11) is 0. The van der Waals surface area contributed by atoms with Gasteiger partial charge in [-0.15, -0.1) is 0 Å². The molecule has 7 heteroatoms. The Morgan fingerprint density at radius 3 is 2.77 bits per heavy atom. The van der Waals surface area contributed by atoms with Crippen LogP contribution in [0.3, 0.4) is 0 Å². The third-order valence-corrected chi connectivity index (χ3v) is 5.12. The first-order valence-corrected chi connectivity index (χ1v) is 9.32. The minimum absolute atomic E-state index is 0.161. The fraction of sp³-hybridized carbons (Fsp3) is 0.800. The van der Waals surface area contributed by atoms with Crippen LogP contribution in [0.2, 0.25) is 0 Å². The van der Waals surface area contributed by atoms with Crippen molar-refractivity contribution in [1.29, 1.82) is 0 Å². The zero-order valence-electron chi connectivity index (χ0n) is 13.3. The zero-order valence-corrected chi connectivity index (χ0v) is 14.1. The molecule has 1 aliphatic heterocycles. The molecule has 22 heavy (non-hydrogen) atoms. The summed E-state index contributed by atoms with van der Waals surface area (Å²) in [5.74, 6) is 0.727. The number of amides is 4. The number of hydrogen-bond acceptors (Lipinski definition) is 4. The molecule has 0 spiro atoms. The first-order valence-electron chi connectivity index (χ1n) is 7.93. The van der Waals surface area contributed by atoms with Gasteiger partial charge in [-0.05, 0) is 37.2 Å². The van der Waals surface area contributed by atoms with Gasteiger partial charge in [-0.1, -0.05) is 19.8 Å². The lowest BCUT2D eigenvalue weighted by atomic mass is 9.86. The fourth-order valence-electron chi connectivity index (χ4n) is 3.08. The Kier molecular flexibility index (Phi) is 6.11. The predicted molar refractivity (Wildman–Crippen MR) is 86.6 cm³/mol. The highest BCUT2D eigenvalue weighted by Gasteiger charge is 2.38. The standard InChI is InChI=1S/C15H25N3O3S/c1-10-5-3-4-6-11(10)16-13(19)9-18-14(20)12(7-8-22-2)17-15(18)21/h10-12H,3-9H2,1-2H3,(H,16,19)(H,17,21). The number of urea groups is 1. The summed E-state index contributed by atoms with van der Waals surface area (Å²) in [4.78, 5) is 37.2. The van der Waals surface area contributed by atoms with E-state index in [2.05, 4.69) is 17.6 Å². The van der Waals surface area contributed by atoms with E-state index in [0.29, 0.717) is 12.3 Å². The molecule has 3 atom stereocenters. The number of imide groups is 1. The minimum atomic E-state index is -0.485. The van der Waals surface area contributed by atoms with Crippen LogP contribution < -0.4 is 10.6 Å². The summed E-state index contributed by atoms with van der Waals surface area (Å²) in [6.07, 6.45) is 6.97. The van der Waals surface area contributed by atoms with Crippen LogP contribution in [-0.4, -0.2) is 53.4 Å². The Bertz CT molecular complexity index is 444. The molecule has 2 aliphatic rings. The van der Waals surface area contributed by atoms with Crippen molar-refractivity contribution in [3.8, 4) is 0 Å². The molecule has 2 N–H and O–H groups in total. The quantitative estimate of drug-likeness (QED) is 0.722. The second-order valence-corrected chi connectivity index (χ2v) is 7.13. The molecule has 1 saturated carbocycles. The third kappa shape index (κ3) is 4.15. The van der Waals surface area contributed by atoms with Gasteiger partial charge in [-0.3, -0.25) is 14.5 Å². The van der Waals surface area contributed by atoms with Crippen LogP contribution in [0, 0.1) is 5.92 Å². The smallest absolute Gasteiger partial charge is 0.325 e. The Morgan fingerprint density at radius 1 is 1.36 bits per heavy atom. The van der Waals surface area contributed by atoms with Gasteiger partial charge in [0.15, 0.2) is 0 Å². The fourth-order valence-corrected chi connectivity index (χ4v) is 3.56. The highest BCUT2D eigenvalue weighted by Crippen LogP contribution is 2.23. The van der Waals surface area contributed by atoms with Crippen molar-refractivity contribution in [2.24, 2.45) is 5.92 Å². The lowest BCUT2D eigenvalue weighted by Gasteiger charge is -2.29. The lowest BCUT2D eigenvalue weighted by Crippen LogP contribution is -2.47. The van der Waals surface area contributed by atoms with Crippen LogP contribution in [0.1, 0.15) is 39.0 Å². The molecule has 0 aromatic carbocycles. The molecule has 1 heterocycles. The predicted octanol–water partition coefficient (Wildman–Crippen LogP) is 1.35. The van der Waals surface area contributed by atoms with Crippen molar-refractivity contribution in [3.63, 3.8) is 0 Å². The van der Waals surface area contributed by atoms with Gasteiger partial charge in [0, 0.05) is 6.04 Å². The van der Waals surface area contributed by atoms with Gasteiger partial charge in [0.25, 0.3) is 5.91 Å². The van der Waals surface area contributed by atoms with E-state index in [0.717, 1.165) is 29.9 Å². The Labute approximate surface area is 135 Å². The molecule has 0 radical (unpaired) electrons. The maximum Gasteiger partial charge on any atom is 0.325 e. The van der Waals surface area contributed by atoms with Crippen molar-refractivity contribution in [2.75, 3.05) is 18.6 Å². The summed E-state index contributed by atoms with van der Waals surface area (Å²) in [6, 6.07) is -0.779. The Hall–Kier alpha value is -1.24. The molecule has 6 nitrogen and oxygen atoms in total. The second kappa shape index (κ2) is 7.85. The van der Waals surface area contributed by atoms with Crippen LogP contribution in [0.15, 0.2) is 0 Å². The molecule has 1 saturated heterocycles. The van der Waals surface area contributed by atoms with E-state index in [1.165, 1.54) is 6.42 Å². The van der Waals surface area contributed by atoms with E-state index in [1.807, 2.05) is 6.26 Å². The molecule has 0 aromatic heterocycles. The minimum Gasteiger partial charge on any atom is -0.352 e. The molecular formula is C15H25N3O3S. The van der Waals surface area contributed by atoms with E-state index in [4.69, 9.17) is 0 Å². The van der Waals surface area contributed by atoms with Crippen LogP contribution in [0.4, 0.5) is 4.79 Å². The SMILES string of the molecule is CSCCC1NC(=O)N(CC(=O)NC2CCCCC2C)C1=O. The van der Waals surface area contributed by atoms with Crippen molar-refractivity contribution >= 4 is 29.6 Å². The number of hydrogen-bond donors (Lipinski definition) is 2. The van der Waals surface area contributed by atoms with Crippen molar-refractivity contribution < 1.29 is 14.4 Å². The summed E-state index contributed by atoms with van der Waals surface area (Å²) in [5, 5.41) is 5.63. The van der Waals surface area contributed by atoms with Gasteiger partial charge in [0.1, 0.15) is 12.6 Å². The average molecular weight is 327 g/mol. The lowest BCUT2D eigenvalue weighted by molar-refractivity contribution is -0.132. The molecule has 2 fully saturated rings. The summed E-state index contributed by atoms with van der Waals surface area (Å²) in [5.41, 5.74) is 0. The second-order valence-electron chi connectivity index (χ2n) is 6.14. The molecular weight excluding hydrogens is 302 g/mol. The largest absolute Gasteiger partial charge is 0.352 e. The normalized spacial score (nSPS) is 28.6. The van der Waals surface area contributed by atoms with E-state index in [-0.39, 0.29) is 24.4 Å². The molecule has 3 unspecified atom stereocenters. The molecule has 4 amide bonds. The number of carbonyl (C=O) groups is 3. The maximum atomic E-state index is 12.2. The maximum absolute atomic E-state index is 12.2. The van der Waals surface area contributed by atoms with Gasteiger partial charge >= 0.3 is 6.03 Å². The monoisotopic (exact) mass is 327 g/mol. The topological polar surface area (TPSA) is 78.5 Å². The highest BCUT2D eigenvalue weighted by atomic mass is 32.2. The molecule has 0 bridgehead atoms. The molecule has 2 rings (SSSR count). The van der Waals surface area contributed by atoms with Crippen LogP contribution in [-0.2, 0) is 9.59 Å². The average Bonchev–Trinajstić information content (AvgIpc) is 2.75. The zero-order chi connectivity index (χ0) is 16.1. The molecule has 0 aromatic rings. The van der Waals surface area contributed by atoms with Crippen molar-refractivity contribution in [2.45, 2.75) is 51.1 Å². The highest BCUT2D eigenvalue weighted by molar-refractivity contribution is 7.98. The summed E-state index contributed by atoms with van der Waals surface area (Å²) < 4.78 is 0. The summed E-state index contributed by atoms with van der Waals surface area (Å²) in [6.45, 7) is 1.96. The van der Waals surface area contributed by atoms with Crippen LogP contribution in [0.25, 0.3) is 0 Å². The number of rotatable bonds is 6. The van der Waals surface area contributed by atoms with Crippen LogP contribution in [0.5, 0.6) is 0 Å². The van der Waals surface area contributed by atoms with Gasteiger partial charge in [-0.25, -0.2) is 4.79 Å². The molecule has 1 aliphatic carbocycles. The Balaban J connectivity index is 1.85.